The first-order valence-corrected chi connectivity index (χ1v) is 6.64. The van der Waals surface area contributed by atoms with Crippen molar-refractivity contribution in [3.05, 3.63) is 59.1 Å². The van der Waals surface area contributed by atoms with Gasteiger partial charge in [-0.15, -0.1) is 0 Å². The number of carbonyl (C=O) groups excluding carboxylic acids is 1. The van der Waals surface area contributed by atoms with E-state index < -0.39 is 0 Å². The number of nitrogens with two attached hydrogens (primary N) is 1. The molecular formula is C16H15ClN2O2. The van der Waals surface area contributed by atoms with Gasteiger partial charge in [0.15, 0.2) is 0 Å². The Bertz CT molecular complexity index is 666. The van der Waals surface area contributed by atoms with Crippen LogP contribution in [0.15, 0.2) is 48.5 Å². The summed E-state index contributed by atoms with van der Waals surface area (Å²) in [6.45, 7) is 0. The van der Waals surface area contributed by atoms with E-state index >= 15 is 0 Å². The lowest BCUT2D eigenvalue weighted by Gasteiger charge is -2.04. The Labute approximate surface area is 128 Å². The molecule has 108 valence electrons. The lowest BCUT2D eigenvalue weighted by atomic mass is 10.2. The number of rotatable bonds is 4. The highest BCUT2D eigenvalue weighted by Crippen LogP contribution is 2.20. The highest BCUT2D eigenvalue weighted by atomic mass is 35.5. The second-order valence-corrected chi connectivity index (χ2v) is 4.74. The van der Waals surface area contributed by atoms with Crippen LogP contribution in [0.1, 0.15) is 5.56 Å². The summed E-state index contributed by atoms with van der Waals surface area (Å²) in [6, 6.07) is 12.3. The van der Waals surface area contributed by atoms with Crippen LogP contribution in [0.4, 0.5) is 11.4 Å². The van der Waals surface area contributed by atoms with E-state index in [1.807, 2.05) is 0 Å². The van der Waals surface area contributed by atoms with Crippen LogP contribution in [0, 0.1) is 0 Å². The summed E-state index contributed by atoms with van der Waals surface area (Å²) in [6.07, 6.45) is 3.11. The first-order chi connectivity index (χ1) is 10.1. The molecule has 2 rings (SSSR count). The summed E-state index contributed by atoms with van der Waals surface area (Å²) in [5.41, 5.74) is 7.68. The van der Waals surface area contributed by atoms with Crippen LogP contribution in [0.25, 0.3) is 6.08 Å². The first-order valence-electron chi connectivity index (χ1n) is 6.26. The maximum Gasteiger partial charge on any atom is 0.248 e. The van der Waals surface area contributed by atoms with Gasteiger partial charge in [0.05, 0.1) is 17.8 Å². The number of anilines is 2. The van der Waals surface area contributed by atoms with Crippen LogP contribution in [0.2, 0.25) is 5.02 Å². The standard InChI is InChI=1S/C16H15ClN2O2/c1-21-13-6-4-12(5-7-13)19-16(20)9-3-11-2-8-14(17)15(18)10-11/h2-10H,18H2,1H3,(H,19,20)/b9-3+. The predicted octanol–water partition coefficient (Wildman–Crippen LogP) is 3.58. The van der Waals surface area contributed by atoms with E-state index in [1.165, 1.54) is 6.08 Å². The summed E-state index contributed by atoms with van der Waals surface area (Å²) < 4.78 is 5.05. The summed E-state index contributed by atoms with van der Waals surface area (Å²) in [7, 11) is 1.59. The average molecular weight is 303 g/mol. The molecular weight excluding hydrogens is 288 g/mol. The van der Waals surface area contributed by atoms with Crippen molar-refractivity contribution in [3.8, 4) is 5.75 Å². The van der Waals surface area contributed by atoms with Crippen molar-refractivity contribution < 1.29 is 9.53 Å². The minimum absolute atomic E-state index is 0.228. The average Bonchev–Trinajstić information content (AvgIpc) is 2.49. The van der Waals surface area contributed by atoms with Gasteiger partial charge in [0.2, 0.25) is 5.91 Å². The number of nitrogen functional groups attached to an aromatic ring is 1. The highest BCUT2D eigenvalue weighted by Gasteiger charge is 1.99. The Morgan fingerprint density at radius 1 is 1.24 bits per heavy atom. The highest BCUT2D eigenvalue weighted by molar-refractivity contribution is 6.33. The Balaban J connectivity index is 1.99. The van der Waals surface area contributed by atoms with Gasteiger partial charge < -0.3 is 15.8 Å². The first kappa shape index (κ1) is 14.9. The number of ether oxygens (including phenoxy) is 1. The number of hydrogen-bond donors (Lipinski definition) is 2. The molecule has 4 nitrogen and oxygen atoms in total. The van der Waals surface area contributed by atoms with Gasteiger partial charge in [-0.2, -0.15) is 0 Å². The van der Waals surface area contributed by atoms with E-state index in [2.05, 4.69) is 5.32 Å². The molecule has 0 aromatic heterocycles. The molecule has 0 fully saturated rings. The third-order valence-corrected chi connectivity index (χ3v) is 3.15. The van der Waals surface area contributed by atoms with Gasteiger partial charge in [-0.3, -0.25) is 4.79 Å². The number of carbonyl (C=O) groups is 1. The van der Waals surface area contributed by atoms with E-state index in [1.54, 1.807) is 55.7 Å². The van der Waals surface area contributed by atoms with E-state index in [-0.39, 0.29) is 5.91 Å². The van der Waals surface area contributed by atoms with Crippen molar-refractivity contribution in [2.45, 2.75) is 0 Å². The molecule has 2 aromatic carbocycles. The van der Waals surface area contributed by atoms with Gasteiger partial charge in [-0.05, 0) is 48.0 Å². The summed E-state index contributed by atoms with van der Waals surface area (Å²) in [5.74, 6) is 0.508. The number of benzene rings is 2. The maximum atomic E-state index is 11.8. The molecule has 2 aromatic rings. The third-order valence-electron chi connectivity index (χ3n) is 2.80. The van der Waals surface area contributed by atoms with Crippen molar-refractivity contribution in [1.29, 1.82) is 0 Å². The molecule has 5 heteroatoms. The quantitative estimate of drug-likeness (QED) is 0.670. The van der Waals surface area contributed by atoms with Crippen LogP contribution < -0.4 is 15.8 Å². The van der Waals surface area contributed by atoms with Crippen molar-refractivity contribution >= 4 is 35.0 Å². The SMILES string of the molecule is COc1ccc(NC(=O)/C=C/c2ccc(Cl)c(N)c2)cc1. The van der Waals surface area contributed by atoms with Gasteiger partial charge in [0.1, 0.15) is 5.75 Å². The second-order valence-electron chi connectivity index (χ2n) is 4.33. The number of hydrogen-bond acceptors (Lipinski definition) is 3. The van der Waals surface area contributed by atoms with Gasteiger partial charge in [-0.25, -0.2) is 0 Å². The molecule has 0 aliphatic heterocycles. The van der Waals surface area contributed by atoms with Crippen LogP contribution in [0.5, 0.6) is 5.75 Å². The smallest absolute Gasteiger partial charge is 0.248 e. The fourth-order valence-corrected chi connectivity index (χ4v) is 1.81. The topological polar surface area (TPSA) is 64.3 Å². The van der Waals surface area contributed by atoms with Crippen LogP contribution in [-0.2, 0) is 4.79 Å². The molecule has 0 saturated carbocycles. The van der Waals surface area contributed by atoms with Crippen molar-refractivity contribution in [2.24, 2.45) is 0 Å². The van der Waals surface area contributed by atoms with E-state index in [0.717, 1.165) is 11.3 Å². The van der Waals surface area contributed by atoms with Crippen LogP contribution in [0.3, 0.4) is 0 Å². The Hall–Kier alpha value is -2.46. The number of amides is 1. The molecule has 0 saturated heterocycles. The van der Waals surface area contributed by atoms with Gasteiger partial charge in [0.25, 0.3) is 0 Å². The number of nitrogens with one attached hydrogen (secondary N) is 1. The molecule has 1 amide bonds. The molecule has 0 radical (unpaired) electrons. The summed E-state index contributed by atoms with van der Waals surface area (Å²) in [5, 5.41) is 3.25. The van der Waals surface area contributed by atoms with E-state index in [0.29, 0.717) is 16.4 Å². The fraction of sp³-hybridized carbons (Fsp3) is 0.0625. The van der Waals surface area contributed by atoms with Crippen LogP contribution in [-0.4, -0.2) is 13.0 Å². The van der Waals surface area contributed by atoms with Gasteiger partial charge >= 0.3 is 0 Å². The molecule has 0 heterocycles. The third kappa shape index (κ3) is 4.26. The summed E-state index contributed by atoms with van der Waals surface area (Å²) >= 11 is 5.84. The normalized spacial score (nSPS) is 10.6. The Morgan fingerprint density at radius 3 is 2.57 bits per heavy atom. The largest absolute Gasteiger partial charge is 0.497 e. The zero-order valence-corrected chi connectivity index (χ0v) is 12.2. The Morgan fingerprint density at radius 2 is 1.95 bits per heavy atom. The molecule has 21 heavy (non-hydrogen) atoms. The van der Waals surface area contributed by atoms with Crippen molar-refractivity contribution in [2.75, 3.05) is 18.2 Å². The molecule has 0 bridgehead atoms. The lowest BCUT2D eigenvalue weighted by Crippen LogP contribution is -2.07. The van der Waals surface area contributed by atoms with Crippen molar-refractivity contribution in [3.63, 3.8) is 0 Å². The fourth-order valence-electron chi connectivity index (χ4n) is 1.70. The molecule has 0 spiro atoms. The zero-order chi connectivity index (χ0) is 15.2. The van der Waals surface area contributed by atoms with Gasteiger partial charge in [0, 0.05) is 11.8 Å². The molecule has 0 aliphatic carbocycles. The number of halogens is 1. The van der Waals surface area contributed by atoms with E-state index in [4.69, 9.17) is 22.1 Å². The molecule has 0 atom stereocenters. The second kappa shape index (κ2) is 6.81. The Kier molecular flexibility index (Phi) is 4.85. The zero-order valence-electron chi connectivity index (χ0n) is 11.5. The van der Waals surface area contributed by atoms with Crippen LogP contribution >= 0.6 is 11.6 Å². The molecule has 0 aliphatic rings. The maximum absolute atomic E-state index is 11.8. The van der Waals surface area contributed by atoms with E-state index in [9.17, 15) is 4.79 Å². The molecule has 3 N–H and O–H groups in total. The minimum atomic E-state index is -0.228. The van der Waals surface area contributed by atoms with Gasteiger partial charge in [-0.1, -0.05) is 17.7 Å². The lowest BCUT2D eigenvalue weighted by molar-refractivity contribution is -0.111. The number of methoxy groups -OCH3 is 1. The summed E-state index contributed by atoms with van der Waals surface area (Å²) in [4.78, 5) is 11.8. The monoisotopic (exact) mass is 302 g/mol. The van der Waals surface area contributed by atoms with Crippen molar-refractivity contribution in [1.82, 2.24) is 0 Å². The predicted molar refractivity (Wildman–Crippen MR) is 86.5 cm³/mol. The minimum Gasteiger partial charge on any atom is -0.497 e. The molecule has 0 unspecified atom stereocenters.